The standard InChI is InChI=1S/C25H23NO3/c1-18-11-13-20(14-12-18)23(27)17-25(29)21-9-5-6-10-22(21)26(24(25)28)16-15-19-7-3-2-4-8-19/h2-14,29H,15-17H2,1H3/t25-/m0/s1. The van der Waals surface area contributed by atoms with Gasteiger partial charge in [-0.25, -0.2) is 0 Å². The molecule has 0 unspecified atom stereocenters. The normalized spacial score (nSPS) is 18.0. The van der Waals surface area contributed by atoms with Gasteiger partial charge in [0.05, 0.1) is 12.1 Å². The number of Topliss-reactive ketones (excluding diaryl/α,β-unsaturated/α-hetero) is 1. The molecule has 3 aromatic carbocycles. The fourth-order valence-corrected chi connectivity index (χ4v) is 3.86. The van der Waals surface area contributed by atoms with Crippen molar-refractivity contribution in [3.63, 3.8) is 0 Å². The molecule has 0 spiro atoms. The van der Waals surface area contributed by atoms with E-state index in [-0.39, 0.29) is 12.2 Å². The number of hydrogen-bond donors (Lipinski definition) is 1. The van der Waals surface area contributed by atoms with Crippen LogP contribution in [0, 0.1) is 6.92 Å². The first-order chi connectivity index (χ1) is 14.0. The molecule has 1 aliphatic heterocycles. The van der Waals surface area contributed by atoms with Crippen LogP contribution >= 0.6 is 0 Å². The van der Waals surface area contributed by atoms with Gasteiger partial charge in [-0.3, -0.25) is 9.59 Å². The third-order valence-corrected chi connectivity index (χ3v) is 5.50. The van der Waals surface area contributed by atoms with Gasteiger partial charge in [0.15, 0.2) is 11.4 Å². The monoisotopic (exact) mass is 385 g/mol. The second-order valence-electron chi connectivity index (χ2n) is 7.54. The lowest BCUT2D eigenvalue weighted by molar-refractivity contribution is -0.135. The lowest BCUT2D eigenvalue weighted by Gasteiger charge is -2.23. The highest BCUT2D eigenvalue weighted by molar-refractivity contribution is 6.10. The Kier molecular flexibility index (Phi) is 5.03. The highest BCUT2D eigenvalue weighted by atomic mass is 16.3. The van der Waals surface area contributed by atoms with Crippen molar-refractivity contribution in [3.05, 3.63) is 101 Å². The molecule has 0 fully saturated rings. The van der Waals surface area contributed by atoms with Crippen molar-refractivity contribution in [1.29, 1.82) is 0 Å². The third-order valence-electron chi connectivity index (χ3n) is 5.50. The molecule has 29 heavy (non-hydrogen) atoms. The number of amides is 1. The predicted molar refractivity (Wildman–Crippen MR) is 113 cm³/mol. The minimum absolute atomic E-state index is 0.249. The SMILES string of the molecule is Cc1ccc(C(=O)C[C@@]2(O)C(=O)N(CCc3ccccc3)c3ccccc32)cc1. The number of carbonyl (C=O) groups is 2. The van der Waals surface area contributed by atoms with Crippen molar-refractivity contribution in [3.8, 4) is 0 Å². The lowest BCUT2D eigenvalue weighted by atomic mass is 9.88. The van der Waals surface area contributed by atoms with Crippen molar-refractivity contribution in [2.45, 2.75) is 25.4 Å². The van der Waals surface area contributed by atoms with Crippen molar-refractivity contribution >= 4 is 17.4 Å². The lowest BCUT2D eigenvalue weighted by Crippen LogP contribution is -2.42. The molecule has 0 aliphatic carbocycles. The Morgan fingerprint density at radius 2 is 1.59 bits per heavy atom. The number of benzene rings is 3. The average molecular weight is 385 g/mol. The van der Waals surface area contributed by atoms with Crippen LogP contribution in [0.5, 0.6) is 0 Å². The number of carbonyl (C=O) groups excluding carboxylic acids is 2. The zero-order chi connectivity index (χ0) is 20.4. The van der Waals surface area contributed by atoms with E-state index in [1.165, 1.54) is 0 Å². The van der Waals surface area contributed by atoms with Gasteiger partial charge in [0.2, 0.25) is 0 Å². The Hall–Kier alpha value is -3.24. The molecule has 1 aliphatic rings. The maximum absolute atomic E-state index is 13.3. The number of rotatable bonds is 6. The summed E-state index contributed by atoms with van der Waals surface area (Å²) < 4.78 is 0. The summed E-state index contributed by atoms with van der Waals surface area (Å²) in [5, 5.41) is 11.4. The maximum Gasteiger partial charge on any atom is 0.264 e. The molecule has 1 N–H and O–H groups in total. The molecule has 0 bridgehead atoms. The minimum Gasteiger partial charge on any atom is -0.375 e. The van der Waals surface area contributed by atoms with Crippen molar-refractivity contribution in [1.82, 2.24) is 0 Å². The number of aliphatic hydroxyl groups is 1. The Labute approximate surface area is 170 Å². The number of para-hydroxylation sites is 1. The van der Waals surface area contributed by atoms with Crippen LogP contribution in [0.2, 0.25) is 0 Å². The molecule has 0 aromatic heterocycles. The zero-order valence-electron chi connectivity index (χ0n) is 16.3. The van der Waals surface area contributed by atoms with Gasteiger partial charge in [0.25, 0.3) is 5.91 Å². The van der Waals surface area contributed by atoms with Crippen molar-refractivity contribution in [2.75, 3.05) is 11.4 Å². The maximum atomic E-state index is 13.3. The molecule has 1 heterocycles. The van der Waals surface area contributed by atoms with E-state index >= 15 is 0 Å². The highest BCUT2D eigenvalue weighted by Crippen LogP contribution is 2.42. The van der Waals surface area contributed by atoms with Crippen LogP contribution in [0.25, 0.3) is 0 Å². The van der Waals surface area contributed by atoms with Crippen LogP contribution in [0.3, 0.4) is 0 Å². The first-order valence-electron chi connectivity index (χ1n) is 9.77. The number of ketones is 1. The number of hydrogen-bond acceptors (Lipinski definition) is 3. The van der Waals surface area contributed by atoms with Crippen LogP contribution in [0.4, 0.5) is 5.69 Å². The van der Waals surface area contributed by atoms with Gasteiger partial charge >= 0.3 is 0 Å². The minimum atomic E-state index is -1.84. The molecule has 146 valence electrons. The molecular weight excluding hydrogens is 362 g/mol. The summed E-state index contributed by atoms with van der Waals surface area (Å²) in [6.07, 6.45) is 0.399. The highest BCUT2D eigenvalue weighted by Gasteiger charge is 2.50. The van der Waals surface area contributed by atoms with E-state index in [0.717, 1.165) is 11.1 Å². The molecular formula is C25H23NO3. The van der Waals surface area contributed by atoms with Gasteiger partial charge < -0.3 is 10.0 Å². The summed E-state index contributed by atoms with van der Waals surface area (Å²) in [5.74, 6) is -0.685. The predicted octanol–water partition coefficient (Wildman–Crippen LogP) is 4.04. The molecule has 1 atom stereocenters. The topological polar surface area (TPSA) is 57.6 Å². The van der Waals surface area contributed by atoms with Gasteiger partial charge in [0.1, 0.15) is 0 Å². The van der Waals surface area contributed by atoms with Crippen LogP contribution < -0.4 is 4.90 Å². The first-order valence-corrected chi connectivity index (χ1v) is 9.77. The summed E-state index contributed by atoms with van der Waals surface area (Å²) >= 11 is 0. The Morgan fingerprint density at radius 1 is 0.931 bits per heavy atom. The van der Waals surface area contributed by atoms with E-state index in [1.54, 1.807) is 29.2 Å². The largest absolute Gasteiger partial charge is 0.375 e. The smallest absolute Gasteiger partial charge is 0.264 e. The summed E-state index contributed by atoms with van der Waals surface area (Å²) in [5.41, 5.74) is 2.00. The average Bonchev–Trinajstić information content (AvgIpc) is 2.95. The van der Waals surface area contributed by atoms with E-state index in [9.17, 15) is 14.7 Å². The van der Waals surface area contributed by atoms with Gasteiger partial charge in [-0.2, -0.15) is 0 Å². The van der Waals surface area contributed by atoms with Gasteiger partial charge in [-0.05, 0) is 25.0 Å². The number of aryl methyl sites for hydroxylation is 1. The molecule has 4 heteroatoms. The van der Waals surface area contributed by atoms with E-state index in [1.807, 2.05) is 61.5 Å². The summed E-state index contributed by atoms with van der Waals surface area (Å²) in [7, 11) is 0. The Balaban J connectivity index is 1.60. The van der Waals surface area contributed by atoms with E-state index in [4.69, 9.17) is 0 Å². The molecule has 4 nitrogen and oxygen atoms in total. The van der Waals surface area contributed by atoms with Gasteiger partial charge in [0, 0.05) is 17.7 Å². The van der Waals surface area contributed by atoms with Gasteiger partial charge in [-0.1, -0.05) is 78.4 Å². The fourth-order valence-electron chi connectivity index (χ4n) is 3.86. The van der Waals surface area contributed by atoms with Crippen molar-refractivity contribution < 1.29 is 14.7 Å². The van der Waals surface area contributed by atoms with Crippen LogP contribution in [-0.2, 0) is 16.8 Å². The molecule has 3 aromatic rings. The number of anilines is 1. The van der Waals surface area contributed by atoms with Gasteiger partial charge in [-0.15, -0.1) is 0 Å². The molecule has 0 radical (unpaired) electrons. The molecule has 1 amide bonds. The second kappa shape index (κ2) is 7.64. The van der Waals surface area contributed by atoms with E-state index in [0.29, 0.717) is 29.8 Å². The quantitative estimate of drug-likeness (QED) is 0.652. The van der Waals surface area contributed by atoms with E-state index in [2.05, 4.69) is 0 Å². The fraction of sp³-hybridized carbons (Fsp3) is 0.200. The van der Waals surface area contributed by atoms with Crippen molar-refractivity contribution in [2.24, 2.45) is 0 Å². The summed E-state index contributed by atoms with van der Waals surface area (Å²) in [4.78, 5) is 27.7. The first kappa shape index (κ1) is 19.1. The molecule has 0 saturated heterocycles. The van der Waals surface area contributed by atoms with E-state index < -0.39 is 11.5 Å². The van der Waals surface area contributed by atoms with Crippen LogP contribution in [-0.4, -0.2) is 23.3 Å². The summed E-state index contributed by atoms with van der Waals surface area (Å²) in [6.45, 7) is 2.39. The van der Waals surface area contributed by atoms with Crippen LogP contribution in [0.1, 0.15) is 33.5 Å². The Bertz CT molecular complexity index is 1040. The summed E-state index contributed by atoms with van der Waals surface area (Å²) in [6, 6.07) is 24.3. The molecule has 0 saturated carbocycles. The number of nitrogens with zero attached hydrogens (tertiary/aromatic N) is 1. The number of fused-ring (bicyclic) bond motifs is 1. The Morgan fingerprint density at radius 3 is 2.31 bits per heavy atom. The molecule has 4 rings (SSSR count). The third kappa shape index (κ3) is 3.59. The zero-order valence-corrected chi connectivity index (χ0v) is 16.3. The van der Waals surface area contributed by atoms with Crippen LogP contribution in [0.15, 0.2) is 78.9 Å². The second-order valence-corrected chi connectivity index (χ2v) is 7.54.